The number of nitrogens with zero attached hydrogens (tertiary/aromatic N) is 1. The molecule has 0 amide bonds. The number of amidine groups is 1. The maximum Gasteiger partial charge on any atom is 0.183 e. The Labute approximate surface area is 123 Å². The lowest BCUT2D eigenvalue weighted by molar-refractivity contribution is 0.279. The SMILES string of the molecule is CC(C)(CCCCOc1cccc(Cl)c1F)/C(N)=N/O. The lowest BCUT2D eigenvalue weighted by atomic mass is 9.86. The first-order chi connectivity index (χ1) is 9.38. The topological polar surface area (TPSA) is 67.8 Å². The van der Waals surface area contributed by atoms with Crippen molar-refractivity contribution >= 4 is 17.4 Å². The molecule has 0 atom stereocenters. The third-order valence-corrected chi connectivity index (χ3v) is 3.46. The van der Waals surface area contributed by atoms with Crippen molar-refractivity contribution in [3.63, 3.8) is 0 Å². The molecule has 3 N–H and O–H groups in total. The van der Waals surface area contributed by atoms with Crippen LogP contribution in [0.3, 0.4) is 0 Å². The van der Waals surface area contributed by atoms with E-state index in [0.717, 1.165) is 19.3 Å². The zero-order valence-corrected chi connectivity index (χ0v) is 12.5. The lowest BCUT2D eigenvalue weighted by Gasteiger charge is -2.22. The van der Waals surface area contributed by atoms with Crippen LogP contribution >= 0.6 is 11.6 Å². The minimum atomic E-state index is -0.536. The summed E-state index contributed by atoms with van der Waals surface area (Å²) in [6, 6.07) is 4.66. The van der Waals surface area contributed by atoms with Crippen LogP contribution in [0.25, 0.3) is 0 Å². The number of nitrogens with two attached hydrogens (primary N) is 1. The summed E-state index contributed by atoms with van der Waals surface area (Å²) >= 11 is 5.66. The van der Waals surface area contributed by atoms with E-state index in [2.05, 4.69) is 5.16 Å². The number of hydrogen-bond donors (Lipinski definition) is 2. The summed E-state index contributed by atoms with van der Waals surface area (Å²) in [6.45, 7) is 4.20. The van der Waals surface area contributed by atoms with Gasteiger partial charge >= 0.3 is 0 Å². The smallest absolute Gasteiger partial charge is 0.183 e. The van der Waals surface area contributed by atoms with Gasteiger partial charge in [-0.25, -0.2) is 4.39 Å². The molecule has 0 aromatic heterocycles. The van der Waals surface area contributed by atoms with Gasteiger partial charge in [-0.3, -0.25) is 0 Å². The fourth-order valence-electron chi connectivity index (χ4n) is 1.71. The Morgan fingerprint density at radius 1 is 1.45 bits per heavy atom. The first-order valence-corrected chi connectivity index (χ1v) is 6.81. The van der Waals surface area contributed by atoms with E-state index in [4.69, 9.17) is 27.3 Å². The first-order valence-electron chi connectivity index (χ1n) is 6.43. The van der Waals surface area contributed by atoms with Crippen LogP contribution in [0.2, 0.25) is 5.02 Å². The van der Waals surface area contributed by atoms with Crippen molar-refractivity contribution < 1.29 is 14.3 Å². The van der Waals surface area contributed by atoms with Crippen molar-refractivity contribution in [1.82, 2.24) is 0 Å². The fraction of sp³-hybridized carbons (Fsp3) is 0.500. The molecule has 0 saturated heterocycles. The van der Waals surface area contributed by atoms with Crippen LogP contribution in [-0.4, -0.2) is 17.6 Å². The Bertz CT molecular complexity index is 478. The van der Waals surface area contributed by atoms with Gasteiger partial charge in [-0.1, -0.05) is 36.7 Å². The van der Waals surface area contributed by atoms with E-state index < -0.39 is 5.82 Å². The molecule has 0 heterocycles. The Hall–Kier alpha value is -1.49. The number of rotatable bonds is 7. The molecule has 0 aliphatic rings. The molecule has 1 rings (SSSR count). The number of unbranched alkanes of at least 4 members (excludes halogenated alkanes) is 1. The van der Waals surface area contributed by atoms with Gasteiger partial charge < -0.3 is 15.7 Å². The maximum atomic E-state index is 13.5. The summed E-state index contributed by atoms with van der Waals surface area (Å²) in [6.07, 6.45) is 2.32. The van der Waals surface area contributed by atoms with Gasteiger partial charge in [-0.2, -0.15) is 0 Å². The van der Waals surface area contributed by atoms with Crippen molar-refractivity contribution in [2.45, 2.75) is 33.1 Å². The molecule has 0 aliphatic heterocycles. The van der Waals surface area contributed by atoms with Gasteiger partial charge in [0.25, 0.3) is 0 Å². The summed E-state index contributed by atoms with van der Waals surface area (Å²) < 4.78 is 18.9. The molecule has 0 radical (unpaired) electrons. The van der Waals surface area contributed by atoms with Crippen molar-refractivity contribution in [3.05, 3.63) is 29.0 Å². The van der Waals surface area contributed by atoms with Crippen LogP contribution in [-0.2, 0) is 0 Å². The minimum absolute atomic E-state index is 0.0514. The average Bonchev–Trinajstić information content (AvgIpc) is 2.41. The Kier molecular flexibility index (Phi) is 6.07. The van der Waals surface area contributed by atoms with Gasteiger partial charge in [0.05, 0.1) is 11.6 Å². The highest BCUT2D eigenvalue weighted by molar-refractivity contribution is 6.30. The molecule has 0 saturated carbocycles. The Balaban J connectivity index is 2.34. The molecule has 6 heteroatoms. The second-order valence-electron chi connectivity index (χ2n) is 5.23. The molecule has 0 spiro atoms. The Morgan fingerprint density at radius 3 is 2.80 bits per heavy atom. The number of oxime groups is 1. The zero-order chi connectivity index (χ0) is 15.2. The molecular formula is C14H20ClFN2O2. The second kappa shape index (κ2) is 7.33. The summed E-state index contributed by atoms with van der Waals surface area (Å²) in [5, 5.41) is 11.7. The van der Waals surface area contributed by atoms with Crippen LogP contribution in [0.15, 0.2) is 23.4 Å². The predicted molar refractivity (Wildman–Crippen MR) is 77.9 cm³/mol. The number of halogens is 2. The fourth-order valence-corrected chi connectivity index (χ4v) is 1.88. The van der Waals surface area contributed by atoms with Crippen molar-refractivity contribution in [1.29, 1.82) is 0 Å². The van der Waals surface area contributed by atoms with Crippen LogP contribution in [0.5, 0.6) is 5.75 Å². The maximum absolute atomic E-state index is 13.5. The molecular weight excluding hydrogens is 283 g/mol. The minimum Gasteiger partial charge on any atom is -0.490 e. The summed E-state index contributed by atoms with van der Waals surface area (Å²) in [5.41, 5.74) is 5.23. The highest BCUT2D eigenvalue weighted by Crippen LogP contribution is 2.25. The lowest BCUT2D eigenvalue weighted by Crippen LogP contribution is -2.31. The number of benzene rings is 1. The predicted octanol–water partition coefficient (Wildman–Crippen LogP) is 3.80. The molecule has 0 bridgehead atoms. The summed E-state index contributed by atoms with van der Waals surface area (Å²) in [5.74, 6) is -0.168. The van der Waals surface area contributed by atoms with Gasteiger partial charge in [0, 0.05) is 5.41 Å². The van der Waals surface area contributed by atoms with E-state index in [-0.39, 0.29) is 22.0 Å². The van der Waals surface area contributed by atoms with Gasteiger partial charge in [0.1, 0.15) is 5.84 Å². The van der Waals surface area contributed by atoms with Crippen LogP contribution in [0, 0.1) is 11.2 Å². The van der Waals surface area contributed by atoms with E-state index in [0.29, 0.717) is 6.61 Å². The normalized spacial score (nSPS) is 12.5. The van der Waals surface area contributed by atoms with E-state index >= 15 is 0 Å². The molecule has 112 valence electrons. The average molecular weight is 303 g/mol. The van der Waals surface area contributed by atoms with Crippen molar-refractivity contribution in [3.8, 4) is 5.75 Å². The molecule has 0 unspecified atom stereocenters. The molecule has 1 aromatic rings. The standard InChI is InChI=1S/C14H20ClFN2O2/c1-14(2,13(17)18-19)8-3-4-9-20-11-7-5-6-10(15)12(11)16/h5-7,19H,3-4,8-9H2,1-2H3,(H2,17,18). The van der Waals surface area contributed by atoms with Gasteiger partial charge in [0.15, 0.2) is 11.6 Å². The van der Waals surface area contributed by atoms with Gasteiger partial charge in [-0.05, 0) is 31.4 Å². The molecule has 20 heavy (non-hydrogen) atoms. The highest BCUT2D eigenvalue weighted by atomic mass is 35.5. The number of ether oxygens (including phenoxy) is 1. The van der Waals surface area contributed by atoms with Crippen LogP contribution < -0.4 is 10.5 Å². The van der Waals surface area contributed by atoms with Crippen LogP contribution in [0.1, 0.15) is 33.1 Å². The monoisotopic (exact) mass is 302 g/mol. The third kappa shape index (κ3) is 4.56. The summed E-state index contributed by atoms with van der Waals surface area (Å²) in [7, 11) is 0. The third-order valence-electron chi connectivity index (χ3n) is 3.17. The molecule has 0 fully saturated rings. The summed E-state index contributed by atoms with van der Waals surface area (Å²) in [4.78, 5) is 0. The quantitative estimate of drug-likeness (QED) is 0.265. The number of hydrogen-bond acceptors (Lipinski definition) is 3. The van der Waals surface area contributed by atoms with Crippen molar-refractivity contribution in [2.75, 3.05) is 6.61 Å². The van der Waals surface area contributed by atoms with E-state index in [1.165, 1.54) is 6.07 Å². The molecule has 0 aliphatic carbocycles. The first kappa shape index (κ1) is 16.6. The second-order valence-corrected chi connectivity index (χ2v) is 5.63. The van der Waals surface area contributed by atoms with E-state index in [1.54, 1.807) is 12.1 Å². The van der Waals surface area contributed by atoms with Gasteiger partial charge in [0.2, 0.25) is 0 Å². The van der Waals surface area contributed by atoms with Gasteiger partial charge in [-0.15, -0.1) is 0 Å². The molecule has 1 aromatic carbocycles. The highest BCUT2D eigenvalue weighted by Gasteiger charge is 2.22. The Morgan fingerprint density at radius 2 is 2.15 bits per heavy atom. The van der Waals surface area contributed by atoms with E-state index in [1.807, 2.05) is 13.8 Å². The largest absolute Gasteiger partial charge is 0.490 e. The zero-order valence-electron chi connectivity index (χ0n) is 11.7. The van der Waals surface area contributed by atoms with Crippen molar-refractivity contribution in [2.24, 2.45) is 16.3 Å². The van der Waals surface area contributed by atoms with E-state index in [9.17, 15) is 4.39 Å². The molecule has 4 nitrogen and oxygen atoms in total. The van der Waals surface area contributed by atoms with Crippen LogP contribution in [0.4, 0.5) is 4.39 Å².